The molecule has 8 nitrogen and oxygen atoms in total. The van der Waals surface area contributed by atoms with Gasteiger partial charge in [0, 0.05) is 49.4 Å². The quantitative estimate of drug-likeness (QED) is 0.149. The minimum Gasteiger partial charge on any atom is -0.309 e. The Balaban J connectivity index is 1.08. The molecule has 0 spiro atoms. The molecule has 3 aromatic heterocycles. The first-order valence-corrected chi connectivity index (χ1v) is 30.8. The van der Waals surface area contributed by atoms with Crippen molar-refractivity contribution in [3.8, 4) is 97.1 Å². The lowest BCUT2D eigenvalue weighted by molar-refractivity contribution is 0.590. The number of aromatic nitrogens is 5. The van der Waals surface area contributed by atoms with E-state index in [2.05, 4.69) is 232 Å². The Morgan fingerprint density at radius 2 is 0.589 bits per heavy atom. The van der Waals surface area contributed by atoms with Gasteiger partial charge < -0.3 is 9.13 Å². The summed E-state index contributed by atoms with van der Waals surface area (Å²) in [6, 6.07) is 78.7. The minimum atomic E-state index is -0.0792. The average Bonchev–Trinajstić information content (AvgIpc) is 1.57. The molecule has 438 valence electrons. The van der Waals surface area contributed by atoms with Gasteiger partial charge in [-0.25, -0.2) is 15.0 Å². The Hall–Kier alpha value is -10.7. The van der Waals surface area contributed by atoms with Crippen LogP contribution >= 0.6 is 0 Å². The summed E-state index contributed by atoms with van der Waals surface area (Å²) in [4.78, 5) is 16.4. The van der Waals surface area contributed by atoms with Gasteiger partial charge in [0.05, 0.1) is 68.3 Å². The number of hydrogen-bond donors (Lipinski definition) is 0. The van der Waals surface area contributed by atoms with E-state index in [1.165, 1.54) is 43.8 Å². The minimum absolute atomic E-state index is 0.0792. The second-order valence-electron chi connectivity index (χ2n) is 28.0. The molecular formula is C82H70N8. The normalized spacial score (nSPS) is 12.2. The second kappa shape index (κ2) is 21.8. The molecule has 10 aromatic carbocycles. The summed E-state index contributed by atoms with van der Waals surface area (Å²) < 4.78 is 4.73. The summed E-state index contributed by atoms with van der Waals surface area (Å²) in [5.74, 6) is 1.33. The monoisotopic (exact) mass is 1170 g/mol. The highest BCUT2D eigenvalue weighted by Crippen LogP contribution is 2.45. The van der Waals surface area contributed by atoms with Crippen LogP contribution in [-0.2, 0) is 21.7 Å². The van der Waals surface area contributed by atoms with Crippen LogP contribution in [0.5, 0.6) is 0 Å². The second-order valence-corrected chi connectivity index (χ2v) is 28.0. The van der Waals surface area contributed by atoms with E-state index in [0.717, 1.165) is 83.5 Å². The maximum atomic E-state index is 10.4. The first kappa shape index (κ1) is 58.3. The van der Waals surface area contributed by atoms with Crippen molar-refractivity contribution in [1.29, 1.82) is 15.8 Å². The van der Waals surface area contributed by atoms with Gasteiger partial charge in [0.25, 0.3) is 0 Å². The molecule has 0 N–H and O–H groups in total. The van der Waals surface area contributed by atoms with E-state index in [4.69, 9.17) is 15.0 Å². The summed E-state index contributed by atoms with van der Waals surface area (Å²) in [6.07, 6.45) is 0. The highest BCUT2D eigenvalue weighted by atomic mass is 15.0. The lowest BCUT2D eigenvalue weighted by Crippen LogP contribution is -2.10. The van der Waals surface area contributed by atoms with Gasteiger partial charge in [0.2, 0.25) is 0 Å². The van der Waals surface area contributed by atoms with E-state index in [1.54, 1.807) is 0 Å². The van der Waals surface area contributed by atoms with E-state index in [-0.39, 0.29) is 21.7 Å². The molecule has 0 radical (unpaired) electrons. The maximum Gasteiger partial charge on any atom is 0.164 e. The molecule has 0 unspecified atom stereocenters. The Labute approximate surface area is 527 Å². The third kappa shape index (κ3) is 10.6. The highest BCUT2D eigenvalue weighted by molar-refractivity contribution is 6.12. The summed E-state index contributed by atoms with van der Waals surface area (Å²) in [5.41, 5.74) is 19.9. The summed E-state index contributed by atoms with van der Waals surface area (Å²) >= 11 is 0. The van der Waals surface area contributed by atoms with Crippen molar-refractivity contribution in [2.45, 2.75) is 105 Å². The lowest BCUT2D eigenvalue weighted by Gasteiger charge is -2.20. The molecule has 0 aliphatic rings. The summed E-state index contributed by atoms with van der Waals surface area (Å²) in [5, 5.41) is 35.6. The van der Waals surface area contributed by atoms with Gasteiger partial charge in [-0.2, -0.15) is 15.8 Å². The van der Waals surface area contributed by atoms with Gasteiger partial charge in [-0.05, 0) is 187 Å². The number of fused-ring (bicyclic) bond motifs is 6. The van der Waals surface area contributed by atoms with Gasteiger partial charge >= 0.3 is 0 Å². The van der Waals surface area contributed by atoms with Crippen molar-refractivity contribution in [1.82, 2.24) is 24.1 Å². The number of rotatable bonds is 8. The molecule has 0 saturated heterocycles. The zero-order chi connectivity index (χ0) is 63.2. The molecular weight excluding hydrogens is 1100 g/mol. The van der Waals surface area contributed by atoms with Crippen LogP contribution in [0.15, 0.2) is 206 Å². The molecule has 13 aromatic rings. The Bertz CT molecular complexity index is 4800. The lowest BCUT2D eigenvalue weighted by atomic mass is 9.85. The Morgan fingerprint density at radius 1 is 0.278 bits per heavy atom. The SMILES string of the molecule is CC(C)(C)c1ccc2c(c1)c1cc(C(C)(C)C)ccc1n2-c1ccc(-c2nc(-c3ccc(-n4c5ccc(C(C)(C)C)cc5c5cc(C(C)(C)C)ccc54)c(-c4cccc(C#N)c4)c3)nc(-c3ccccc3-c3cccc(C#N)c3)n2)cc1-c1cccc(C#N)c1. The molecule has 0 atom stereocenters. The summed E-state index contributed by atoms with van der Waals surface area (Å²) in [7, 11) is 0. The molecule has 0 saturated carbocycles. The molecule has 0 aliphatic heterocycles. The van der Waals surface area contributed by atoms with E-state index < -0.39 is 0 Å². The van der Waals surface area contributed by atoms with Crippen LogP contribution in [0.1, 0.15) is 122 Å². The third-order valence-electron chi connectivity index (χ3n) is 17.7. The van der Waals surface area contributed by atoms with Crippen LogP contribution < -0.4 is 0 Å². The molecule has 0 fully saturated rings. The van der Waals surface area contributed by atoms with Gasteiger partial charge in [0.1, 0.15) is 0 Å². The largest absolute Gasteiger partial charge is 0.309 e. The third-order valence-corrected chi connectivity index (χ3v) is 17.7. The van der Waals surface area contributed by atoms with Crippen molar-refractivity contribution in [3.05, 3.63) is 245 Å². The molecule has 0 aliphatic carbocycles. The van der Waals surface area contributed by atoms with Crippen LogP contribution in [-0.4, -0.2) is 24.1 Å². The summed E-state index contributed by atoms with van der Waals surface area (Å²) in [6.45, 7) is 27.1. The first-order chi connectivity index (χ1) is 43.0. The molecule has 13 rings (SSSR count). The predicted octanol–water partition coefficient (Wildman–Crippen LogP) is 20.9. The highest BCUT2D eigenvalue weighted by Gasteiger charge is 2.27. The zero-order valence-electron chi connectivity index (χ0n) is 53.2. The zero-order valence-corrected chi connectivity index (χ0v) is 53.2. The molecule has 0 amide bonds. The van der Waals surface area contributed by atoms with E-state index in [0.29, 0.717) is 34.2 Å². The Morgan fingerprint density at radius 3 is 0.911 bits per heavy atom. The number of benzene rings is 10. The van der Waals surface area contributed by atoms with Crippen LogP contribution in [0, 0.1) is 34.0 Å². The standard InChI is InChI=1S/C82H70N8/c1-79(2,3)58-28-34-72-66(43-58)67-44-59(80(4,5)6)29-35-73(67)89(72)70-32-26-56(41-64(70)54-22-16-19-51(39-54)48-84)76-86-77(88-78(87-76)63-25-14-13-24-62(63)53-21-15-18-50(38-53)47-83)57-27-33-71(65(42-57)55-23-17-20-52(40-55)49-85)90-74-36-30-60(81(7,8)9)45-68(74)69-46-61(82(10,11)12)31-37-75(69)90/h13-46H,1-12H3. The van der Waals surface area contributed by atoms with Crippen LogP contribution in [0.4, 0.5) is 0 Å². The van der Waals surface area contributed by atoms with Crippen molar-refractivity contribution in [2.24, 2.45) is 0 Å². The van der Waals surface area contributed by atoms with Gasteiger partial charge in [-0.1, -0.05) is 168 Å². The smallest absolute Gasteiger partial charge is 0.164 e. The van der Waals surface area contributed by atoms with Crippen LogP contribution in [0.2, 0.25) is 0 Å². The van der Waals surface area contributed by atoms with Gasteiger partial charge in [-0.3, -0.25) is 0 Å². The van der Waals surface area contributed by atoms with Crippen molar-refractivity contribution < 1.29 is 0 Å². The van der Waals surface area contributed by atoms with E-state index >= 15 is 0 Å². The predicted molar refractivity (Wildman–Crippen MR) is 370 cm³/mol. The van der Waals surface area contributed by atoms with Gasteiger partial charge in [-0.15, -0.1) is 0 Å². The number of nitriles is 3. The Kier molecular flexibility index (Phi) is 14.2. The fourth-order valence-electron chi connectivity index (χ4n) is 12.6. The molecule has 8 heteroatoms. The van der Waals surface area contributed by atoms with Crippen molar-refractivity contribution in [3.63, 3.8) is 0 Å². The number of hydrogen-bond acceptors (Lipinski definition) is 6. The topological polar surface area (TPSA) is 120 Å². The van der Waals surface area contributed by atoms with Crippen molar-refractivity contribution in [2.75, 3.05) is 0 Å². The fraction of sp³-hybridized carbons (Fsp3) is 0.195. The average molecular weight is 1170 g/mol. The fourth-order valence-corrected chi connectivity index (χ4v) is 12.6. The van der Waals surface area contributed by atoms with Crippen LogP contribution in [0.3, 0.4) is 0 Å². The van der Waals surface area contributed by atoms with Crippen LogP contribution in [0.25, 0.3) is 123 Å². The van der Waals surface area contributed by atoms with Gasteiger partial charge in [0.15, 0.2) is 17.5 Å². The maximum absolute atomic E-state index is 10.4. The van der Waals surface area contributed by atoms with E-state index in [9.17, 15) is 15.8 Å². The number of nitrogens with zero attached hydrogens (tertiary/aromatic N) is 8. The molecule has 3 heterocycles. The van der Waals surface area contributed by atoms with Crippen molar-refractivity contribution >= 4 is 43.6 Å². The first-order valence-electron chi connectivity index (χ1n) is 30.8. The molecule has 0 bridgehead atoms. The molecule has 90 heavy (non-hydrogen) atoms. The van der Waals surface area contributed by atoms with E-state index in [1.807, 2.05) is 84.9 Å².